The van der Waals surface area contributed by atoms with Gasteiger partial charge in [0.05, 0.1) is 4.88 Å². The second kappa shape index (κ2) is 10.9. The predicted octanol–water partition coefficient (Wildman–Crippen LogP) is 5.93. The maximum atomic E-state index is 12.9. The Hall–Kier alpha value is -1.77. The van der Waals surface area contributed by atoms with Gasteiger partial charge in [0.25, 0.3) is 11.7 Å². The molecule has 0 bridgehead atoms. The van der Waals surface area contributed by atoms with E-state index < -0.39 is 37.6 Å². The maximum Gasteiger partial charge on any atom is 0.329 e. The lowest BCUT2D eigenvalue weighted by molar-refractivity contribution is -0.162. The zero-order valence-electron chi connectivity index (χ0n) is 22.2. The molecule has 0 radical (unpaired) electrons. The van der Waals surface area contributed by atoms with Crippen molar-refractivity contribution in [3.63, 3.8) is 0 Å². The minimum absolute atomic E-state index is 0.170. The van der Waals surface area contributed by atoms with Crippen molar-refractivity contribution in [3.8, 4) is 0 Å². The van der Waals surface area contributed by atoms with Crippen molar-refractivity contribution in [1.29, 1.82) is 0 Å². The largest absolute Gasteiger partial charge is 0.458 e. The molecule has 8 heteroatoms. The highest BCUT2D eigenvalue weighted by molar-refractivity contribution is 7.15. The maximum absolute atomic E-state index is 12.9. The van der Waals surface area contributed by atoms with E-state index in [4.69, 9.17) is 9.16 Å². The van der Waals surface area contributed by atoms with E-state index in [1.54, 1.807) is 26.8 Å². The molecule has 0 spiro atoms. The molecule has 1 aliphatic rings. The summed E-state index contributed by atoms with van der Waals surface area (Å²) in [5.74, 6) is -1.43. The number of thiophene rings is 1. The van der Waals surface area contributed by atoms with Crippen molar-refractivity contribution in [3.05, 3.63) is 28.0 Å². The van der Waals surface area contributed by atoms with Crippen LogP contribution in [0.25, 0.3) is 6.08 Å². The Kier molecular flexibility index (Phi) is 9.10. The second-order valence-corrected chi connectivity index (χ2v) is 17.6. The van der Waals surface area contributed by atoms with E-state index >= 15 is 0 Å². The van der Waals surface area contributed by atoms with E-state index in [1.165, 1.54) is 16.2 Å². The fraction of sp³-hybridized carbons (Fsp3) is 0.654. The second-order valence-electron chi connectivity index (χ2n) is 11.6. The van der Waals surface area contributed by atoms with E-state index in [-0.39, 0.29) is 11.0 Å². The smallest absolute Gasteiger partial charge is 0.329 e. The average molecular weight is 508 g/mol. The molecule has 0 saturated carbocycles. The molecular weight excluding hydrogens is 466 g/mol. The van der Waals surface area contributed by atoms with E-state index in [2.05, 4.69) is 46.9 Å². The van der Waals surface area contributed by atoms with E-state index in [0.29, 0.717) is 30.9 Å². The summed E-state index contributed by atoms with van der Waals surface area (Å²) in [7, 11) is -1.79. The third-order valence-electron chi connectivity index (χ3n) is 6.34. The number of esters is 1. The first kappa shape index (κ1) is 28.5. The van der Waals surface area contributed by atoms with Gasteiger partial charge in [0, 0.05) is 18.0 Å². The SMILES string of the molecule is C[C@H](/C=C/c1ccc(C(=O)C(=O)N2CCC[C@H]2C(=O)OC(C)(C)C)s1)CO[Si](C)(C)C(C)(C)C. The summed E-state index contributed by atoms with van der Waals surface area (Å²) in [6, 6.07) is 2.83. The molecule has 0 N–H and O–H groups in total. The van der Waals surface area contributed by atoms with Crippen LogP contribution in [0.15, 0.2) is 18.2 Å². The first-order valence-electron chi connectivity index (χ1n) is 12.0. The van der Waals surface area contributed by atoms with Gasteiger partial charge in [0.2, 0.25) is 0 Å². The Bertz CT molecular complexity index is 922. The summed E-state index contributed by atoms with van der Waals surface area (Å²) in [6.07, 6.45) is 5.25. The fourth-order valence-corrected chi connectivity index (χ4v) is 5.26. The number of ether oxygens (including phenoxy) is 1. The average Bonchev–Trinajstić information content (AvgIpc) is 3.37. The Morgan fingerprint density at radius 1 is 1.18 bits per heavy atom. The van der Waals surface area contributed by atoms with E-state index in [9.17, 15) is 14.4 Å². The number of amides is 1. The third kappa shape index (κ3) is 7.62. The molecule has 2 atom stereocenters. The molecule has 1 saturated heterocycles. The van der Waals surface area contributed by atoms with Gasteiger partial charge < -0.3 is 14.1 Å². The summed E-state index contributed by atoms with van der Waals surface area (Å²) in [5.41, 5.74) is -0.639. The number of carbonyl (C=O) groups is 3. The first-order chi connectivity index (χ1) is 15.5. The normalized spacial score (nSPS) is 18.4. The molecule has 34 heavy (non-hydrogen) atoms. The van der Waals surface area contributed by atoms with Crippen molar-refractivity contribution >= 4 is 43.4 Å². The number of Topliss-reactive ketones (excluding diaryl/α,β-unsaturated/α-hetero) is 1. The van der Waals surface area contributed by atoms with Crippen LogP contribution in [0.4, 0.5) is 0 Å². The monoisotopic (exact) mass is 507 g/mol. The predicted molar refractivity (Wildman–Crippen MR) is 141 cm³/mol. The van der Waals surface area contributed by atoms with Gasteiger partial charge in [-0.25, -0.2) is 4.79 Å². The Balaban J connectivity index is 1.99. The molecular formula is C26H41NO5SSi. The number of ketones is 1. The molecule has 6 nitrogen and oxygen atoms in total. The number of rotatable bonds is 8. The molecule has 2 heterocycles. The van der Waals surface area contributed by atoms with Gasteiger partial charge in [-0.1, -0.05) is 33.8 Å². The van der Waals surface area contributed by atoms with Gasteiger partial charge in [-0.3, -0.25) is 9.59 Å². The Morgan fingerprint density at radius 3 is 2.41 bits per heavy atom. The van der Waals surface area contributed by atoms with Crippen LogP contribution < -0.4 is 0 Å². The summed E-state index contributed by atoms with van der Waals surface area (Å²) < 4.78 is 11.7. The van der Waals surface area contributed by atoms with Crippen molar-refractivity contribution in [1.82, 2.24) is 4.90 Å². The van der Waals surface area contributed by atoms with Crippen molar-refractivity contribution in [2.24, 2.45) is 5.92 Å². The molecule has 1 fully saturated rings. The Morgan fingerprint density at radius 2 is 1.82 bits per heavy atom. The first-order valence-corrected chi connectivity index (χ1v) is 15.7. The van der Waals surface area contributed by atoms with Gasteiger partial charge in [-0.2, -0.15) is 0 Å². The van der Waals surface area contributed by atoms with Gasteiger partial charge in [-0.15, -0.1) is 11.3 Å². The highest BCUT2D eigenvalue weighted by Crippen LogP contribution is 2.36. The number of carbonyl (C=O) groups excluding carboxylic acids is 3. The summed E-state index contributed by atoms with van der Waals surface area (Å²) in [4.78, 5) is 40.9. The van der Waals surface area contributed by atoms with Gasteiger partial charge >= 0.3 is 5.97 Å². The standard InChI is InChI=1S/C26H41NO5SSi/c1-18(17-31-34(8,9)26(5,6)7)12-13-19-14-15-21(33-19)22(28)23(29)27-16-10-11-20(27)24(30)32-25(2,3)4/h12-15,18,20H,10-11,16-17H2,1-9H3/b13-12+/t18-,20+/m1/s1. The number of nitrogens with zero attached hydrogens (tertiary/aromatic N) is 1. The van der Waals surface area contributed by atoms with Gasteiger partial charge in [-0.05, 0) is 75.9 Å². The van der Waals surface area contributed by atoms with Crippen LogP contribution in [0.3, 0.4) is 0 Å². The fourth-order valence-electron chi connectivity index (χ4n) is 3.30. The number of hydrogen-bond acceptors (Lipinski definition) is 6. The summed E-state index contributed by atoms with van der Waals surface area (Å²) in [5, 5.41) is 0.170. The lowest BCUT2D eigenvalue weighted by Crippen LogP contribution is -2.46. The summed E-state index contributed by atoms with van der Waals surface area (Å²) >= 11 is 1.29. The molecule has 190 valence electrons. The minimum Gasteiger partial charge on any atom is -0.458 e. The molecule has 1 amide bonds. The quantitative estimate of drug-likeness (QED) is 0.189. The van der Waals surface area contributed by atoms with Crippen molar-refractivity contribution in [2.45, 2.75) is 91.1 Å². The number of hydrogen-bond donors (Lipinski definition) is 0. The molecule has 0 aromatic carbocycles. The molecule has 0 unspecified atom stereocenters. The van der Waals surface area contributed by atoms with Crippen molar-refractivity contribution < 1.29 is 23.5 Å². The third-order valence-corrected chi connectivity index (χ3v) is 11.9. The highest BCUT2D eigenvalue weighted by atomic mass is 32.1. The lowest BCUT2D eigenvalue weighted by atomic mass is 10.1. The zero-order chi connectivity index (χ0) is 25.9. The minimum atomic E-state index is -1.79. The van der Waals surface area contributed by atoms with Gasteiger partial charge in [0.15, 0.2) is 8.32 Å². The van der Waals surface area contributed by atoms with Crippen LogP contribution in [0, 0.1) is 5.92 Å². The van der Waals surface area contributed by atoms with Crippen LogP contribution in [0.1, 0.15) is 75.9 Å². The van der Waals surface area contributed by atoms with E-state index in [1.807, 2.05) is 12.1 Å². The van der Waals surface area contributed by atoms with Gasteiger partial charge in [0.1, 0.15) is 11.6 Å². The molecule has 1 aromatic heterocycles. The highest BCUT2D eigenvalue weighted by Gasteiger charge is 2.40. The lowest BCUT2D eigenvalue weighted by Gasteiger charge is -2.36. The zero-order valence-corrected chi connectivity index (χ0v) is 24.0. The summed E-state index contributed by atoms with van der Waals surface area (Å²) in [6.45, 7) is 19.7. The van der Waals surface area contributed by atoms with Crippen LogP contribution >= 0.6 is 11.3 Å². The van der Waals surface area contributed by atoms with Crippen LogP contribution in [0.5, 0.6) is 0 Å². The molecule has 1 aliphatic heterocycles. The number of likely N-dealkylation sites (tertiary alicyclic amines) is 1. The van der Waals surface area contributed by atoms with E-state index in [0.717, 1.165) is 4.88 Å². The van der Waals surface area contributed by atoms with Crippen LogP contribution in [-0.2, 0) is 18.8 Å². The topological polar surface area (TPSA) is 72.9 Å². The van der Waals surface area contributed by atoms with Crippen LogP contribution in [0.2, 0.25) is 18.1 Å². The molecule has 0 aliphatic carbocycles. The molecule has 2 rings (SSSR count). The Labute approximate surface area is 209 Å². The van der Waals surface area contributed by atoms with Crippen LogP contribution in [-0.4, -0.2) is 55.7 Å². The molecule has 1 aromatic rings. The van der Waals surface area contributed by atoms with Crippen molar-refractivity contribution in [2.75, 3.05) is 13.2 Å².